The predicted molar refractivity (Wildman–Crippen MR) is 75.0 cm³/mol. The van der Waals surface area contributed by atoms with Crippen LogP contribution in [0.3, 0.4) is 0 Å². The summed E-state index contributed by atoms with van der Waals surface area (Å²) in [4.78, 5) is 26.2. The minimum Gasteiger partial charge on any atom is -0.395 e. The highest BCUT2D eigenvalue weighted by molar-refractivity contribution is 5.86. The fourth-order valence-electron chi connectivity index (χ4n) is 3.14. The summed E-state index contributed by atoms with van der Waals surface area (Å²) in [5, 5.41) is 14.6. The number of nitrogens with one attached hydrogen (secondary N) is 2. The number of rotatable bonds is 5. The summed E-state index contributed by atoms with van der Waals surface area (Å²) in [7, 11) is 0. The van der Waals surface area contributed by atoms with E-state index in [4.69, 9.17) is 5.11 Å². The summed E-state index contributed by atoms with van der Waals surface area (Å²) in [6.45, 7) is 2.97. The zero-order chi connectivity index (χ0) is 14.4. The van der Waals surface area contributed by atoms with E-state index in [-0.39, 0.29) is 37.3 Å². The predicted octanol–water partition coefficient (Wildman–Crippen LogP) is -0.524. The molecule has 0 aliphatic carbocycles. The van der Waals surface area contributed by atoms with Crippen molar-refractivity contribution in [2.75, 3.05) is 32.8 Å². The van der Waals surface area contributed by atoms with Crippen molar-refractivity contribution in [2.45, 2.75) is 38.1 Å². The first kappa shape index (κ1) is 15.3. The molecule has 0 aromatic heterocycles. The monoisotopic (exact) mass is 283 g/mol. The Kier molecular flexibility index (Phi) is 5.79. The van der Waals surface area contributed by atoms with Crippen LogP contribution in [0.5, 0.6) is 0 Å². The number of likely N-dealkylation sites (tertiary alicyclic amines) is 1. The Bertz CT molecular complexity index is 343. The Balaban J connectivity index is 1.87. The molecule has 2 fully saturated rings. The fourth-order valence-corrected chi connectivity index (χ4v) is 3.14. The van der Waals surface area contributed by atoms with Gasteiger partial charge in [0.15, 0.2) is 0 Å². The van der Waals surface area contributed by atoms with E-state index in [1.165, 1.54) is 0 Å². The summed E-state index contributed by atoms with van der Waals surface area (Å²) in [5.74, 6) is -0.177. The van der Waals surface area contributed by atoms with Gasteiger partial charge in [-0.2, -0.15) is 0 Å². The van der Waals surface area contributed by atoms with Crippen LogP contribution in [0, 0.1) is 5.92 Å². The minimum absolute atomic E-state index is 0.0639. The highest BCUT2D eigenvalue weighted by atomic mass is 16.3. The first-order chi connectivity index (χ1) is 9.72. The first-order valence-electron chi connectivity index (χ1n) is 7.61. The van der Waals surface area contributed by atoms with Gasteiger partial charge in [0.1, 0.15) is 0 Å². The molecule has 1 atom stereocenters. The normalized spacial score (nSPS) is 24.8. The van der Waals surface area contributed by atoms with Crippen LogP contribution in [0.25, 0.3) is 0 Å². The first-order valence-corrected chi connectivity index (χ1v) is 7.61. The molecule has 0 spiro atoms. The van der Waals surface area contributed by atoms with Gasteiger partial charge in [-0.25, -0.2) is 0 Å². The molecule has 0 aromatic carbocycles. The molecule has 114 valence electrons. The smallest absolute Gasteiger partial charge is 0.226 e. The Hall–Kier alpha value is -1.14. The summed E-state index contributed by atoms with van der Waals surface area (Å²) >= 11 is 0. The van der Waals surface area contributed by atoms with Gasteiger partial charge in [-0.3, -0.25) is 9.59 Å². The average Bonchev–Trinajstić information content (AvgIpc) is 2.48. The van der Waals surface area contributed by atoms with Gasteiger partial charge in [0.25, 0.3) is 0 Å². The van der Waals surface area contributed by atoms with Crippen LogP contribution in [0.2, 0.25) is 0 Å². The van der Waals surface area contributed by atoms with Crippen LogP contribution in [-0.4, -0.2) is 60.6 Å². The van der Waals surface area contributed by atoms with E-state index in [0.29, 0.717) is 6.04 Å². The van der Waals surface area contributed by atoms with Crippen molar-refractivity contribution in [3.63, 3.8) is 0 Å². The van der Waals surface area contributed by atoms with Gasteiger partial charge in [-0.05, 0) is 38.8 Å². The summed E-state index contributed by atoms with van der Waals surface area (Å²) in [6, 6.07) is 0.340. The molecule has 2 rings (SSSR count). The summed E-state index contributed by atoms with van der Waals surface area (Å²) in [5.41, 5.74) is 0. The maximum absolute atomic E-state index is 12.5. The standard InChI is InChI=1S/C14H25N3O3/c18-9-7-16-13(19)10-11-2-1-8-17(14(11)20)12-3-5-15-6-4-12/h11-12,15,18H,1-10H2,(H,16,19). The van der Waals surface area contributed by atoms with E-state index in [2.05, 4.69) is 10.6 Å². The maximum atomic E-state index is 12.5. The third-order valence-electron chi connectivity index (χ3n) is 4.20. The lowest BCUT2D eigenvalue weighted by atomic mass is 9.91. The van der Waals surface area contributed by atoms with Crippen LogP contribution >= 0.6 is 0 Å². The molecule has 20 heavy (non-hydrogen) atoms. The molecular formula is C14H25N3O3. The topological polar surface area (TPSA) is 81.7 Å². The van der Waals surface area contributed by atoms with E-state index in [9.17, 15) is 9.59 Å². The number of nitrogens with zero attached hydrogens (tertiary/aromatic N) is 1. The Morgan fingerprint density at radius 1 is 1.35 bits per heavy atom. The molecule has 0 radical (unpaired) electrons. The molecule has 6 nitrogen and oxygen atoms in total. The van der Waals surface area contributed by atoms with Crippen molar-refractivity contribution < 1.29 is 14.7 Å². The summed E-state index contributed by atoms with van der Waals surface area (Å²) < 4.78 is 0. The molecule has 6 heteroatoms. The van der Waals surface area contributed by atoms with Crippen molar-refractivity contribution in [3.8, 4) is 0 Å². The number of aliphatic hydroxyl groups excluding tert-OH is 1. The van der Waals surface area contributed by atoms with E-state index in [1.54, 1.807) is 0 Å². The lowest BCUT2D eigenvalue weighted by molar-refractivity contribution is -0.144. The zero-order valence-electron chi connectivity index (χ0n) is 11.9. The molecule has 0 saturated carbocycles. The molecule has 3 N–H and O–H groups in total. The molecule has 2 aliphatic heterocycles. The molecule has 2 aliphatic rings. The van der Waals surface area contributed by atoms with Crippen LogP contribution in [0.15, 0.2) is 0 Å². The molecule has 0 bridgehead atoms. The van der Waals surface area contributed by atoms with E-state index in [0.717, 1.165) is 45.3 Å². The number of aliphatic hydroxyl groups is 1. The van der Waals surface area contributed by atoms with Gasteiger partial charge in [-0.1, -0.05) is 0 Å². The van der Waals surface area contributed by atoms with Crippen molar-refractivity contribution in [1.29, 1.82) is 0 Å². The number of hydrogen-bond donors (Lipinski definition) is 3. The number of hydrogen-bond acceptors (Lipinski definition) is 4. The lowest BCUT2D eigenvalue weighted by Crippen LogP contribution is -2.51. The van der Waals surface area contributed by atoms with Gasteiger partial charge < -0.3 is 20.6 Å². The Morgan fingerprint density at radius 3 is 2.80 bits per heavy atom. The molecular weight excluding hydrogens is 258 g/mol. The molecule has 2 heterocycles. The second-order valence-corrected chi connectivity index (χ2v) is 5.63. The highest BCUT2D eigenvalue weighted by Gasteiger charge is 2.34. The number of piperidine rings is 2. The second-order valence-electron chi connectivity index (χ2n) is 5.63. The minimum atomic E-state index is -0.183. The van der Waals surface area contributed by atoms with Crippen LogP contribution in [-0.2, 0) is 9.59 Å². The largest absolute Gasteiger partial charge is 0.395 e. The average molecular weight is 283 g/mol. The van der Waals surface area contributed by atoms with Gasteiger partial charge >= 0.3 is 0 Å². The summed E-state index contributed by atoms with van der Waals surface area (Å²) in [6.07, 6.45) is 4.05. The highest BCUT2D eigenvalue weighted by Crippen LogP contribution is 2.25. The van der Waals surface area contributed by atoms with Crippen LogP contribution < -0.4 is 10.6 Å². The SMILES string of the molecule is O=C(CC1CCCN(C2CCNCC2)C1=O)NCCO. The lowest BCUT2D eigenvalue weighted by Gasteiger charge is -2.39. The van der Waals surface area contributed by atoms with E-state index >= 15 is 0 Å². The third kappa shape index (κ3) is 3.93. The van der Waals surface area contributed by atoms with E-state index < -0.39 is 0 Å². The van der Waals surface area contributed by atoms with Crippen LogP contribution in [0.4, 0.5) is 0 Å². The van der Waals surface area contributed by atoms with Crippen molar-refractivity contribution in [2.24, 2.45) is 5.92 Å². The Morgan fingerprint density at radius 2 is 2.10 bits per heavy atom. The fraction of sp³-hybridized carbons (Fsp3) is 0.857. The number of amides is 2. The number of carbonyl (C=O) groups excluding carboxylic acids is 2. The van der Waals surface area contributed by atoms with Gasteiger partial charge in [0.05, 0.1) is 6.61 Å². The van der Waals surface area contributed by atoms with Crippen molar-refractivity contribution in [1.82, 2.24) is 15.5 Å². The van der Waals surface area contributed by atoms with Crippen molar-refractivity contribution in [3.05, 3.63) is 0 Å². The van der Waals surface area contributed by atoms with Gasteiger partial charge in [0.2, 0.25) is 11.8 Å². The zero-order valence-corrected chi connectivity index (χ0v) is 11.9. The quantitative estimate of drug-likeness (QED) is 0.634. The van der Waals surface area contributed by atoms with Gasteiger partial charge in [0, 0.05) is 31.5 Å². The molecule has 2 amide bonds. The maximum Gasteiger partial charge on any atom is 0.226 e. The Labute approximate surface area is 119 Å². The number of carbonyl (C=O) groups is 2. The van der Waals surface area contributed by atoms with Crippen LogP contribution in [0.1, 0.15) is 32.1 Å². The molecule has 0 aromatic rings. The van der Waals surface area contributed by atoms with Gasteiger partial charge in [-0.15, -0.1) is 0 Å². The van der Waals surface area contributed by atoms with E-state index in [1.807, 2.05) is 4.90 Å². The second kappa shape index (κ2) is 7.59. The third-order valence-corrected chi connectivity index (χ3v) is 4.20. The van der Waals surface area contributed by atoms with Crippen molar-refractivity contribution >= 4 is 11.8 Å². The molecule has 2 saturated heterocycles. The molecule has 1 unspecified atom stereocenters.